The Morgan fingerprint density at radius 1 is 1.00 bits per heavy atom. The van der Waals surface area contributed by atoms with Gasteiger partial charge in [-0.1, -0.05) is 66.4 Å². The first-order chi connectivity index (χ1) is 16.5. The number of nitrogens with zero attached hydrogens (tertiary/aromatic N) is 2. The van der Waals surface area contributed by atoms with Gasteiger partial charge in [0.05, 0.1) is 16.8 Å². The van der Waals surface area contributed by atoms with Crippen molar-refractivity contribution in [2.24, 2.45) is 4.99 Å². The first kappa shape index (κ1) is 21.5. The molecule has 0 saturated heterocycles. The van der Waals surface area contributed by atoms with E-state index in [0.29, 0.717) is 10.7 Å². The molecule has 2 heterocycles. The van der Waals surface area contributed by atoms with Crippen LogP contribution in [0, 0.1) is 11.2 Å². The summed E-state index contributed by atoms with van der Waals surface area (Å²) < 4.78 is 19.0. The first-order valence-corrected chi connectivity index (χ1v) is 11.1. The van der Waals surface area contributed by atoms with Crippen molar-refractivity contribution >= 4 is 46.4 Å². The normalized spacial score (nSPS) is 16.3. The summed E-state index contributed by atoms with van der Waals surface area (Å²) in [5.41, 5.74) is 2.30. The highest BCUT2D eigenvalue weighted by molar-refractivity contribution is 8.17. The molecule has 2 aliphatic heterocycles. The van der Waals surface area contributed by atoms with Gasteiger partial charge in [-0.05, 0) is 41.5 Å². The van der Waals surface area contributed by atoms with Crippen LogP contribution in [0.2, 0.25) is 0 Å². The zero-order valence-electron chi connectivity index (χ0n) is 17.6. The zero-order chi connectivity index (χ0) is 23.7. The second-order valence-electron chi connectivity index (χ2n) is 7.37. The Hall–Kier alpha value is -4.30. The summed E-state index contributed by atoms with van der Waals surface area (Å²) in [7, 11) is 0. The van der Waals surface area contributed by atoms with Crippen LogP contribution in [0.5, 0.6) is 5.75 Å². The second kappa shape index (κ2) is 8.92. The minimum Gasteiger partial charge on any atom is -0.423 e. The summed E-state index contributed by atoms with van der Waals surface area (Å²) in [6.45, 7) is 0. The summed E-state index contributed by atoms with van der Waals surface area (Å²) >= 11 is 1.30. The molecule has 0 spiro atoms. The maximum Gasteiger partial charge on any atom is 0.346 e. The molecular formula is C26H16FN3O3S. The Kier molecular flexibility index (Phi) is 5.65. The third kappa shape index (κ3) is 4.06. The van der Waals surface area contributed by atoms with Crippen molar-refractivity contribution in [3.63, 3.8) is 0 Å². The molecule has 0 bridgehead atoms. The number of nitrogens with one attached hydrogen (secondary N) is 1. The van der Waals surface area contributed by atoms with Crippen LogP contribution >= 0.6 is 11.8 Å². The Morgan fingerprint density at radius 2 is 1.71 bits per heavy atom. The van der Waals surface area contributed by atoms with Gasteiger partial charge in [0.1, 0.15) is 17.4 Å². The van der Waals surface area contributed by atoms with Gasteiger partial charge < -0.3 is 4.74 Å². The lowest BCUT2D eigenvalue weighted by Gasteiger charge is -2.26. The third-order valence-electron chi connectivity index (χ3n) is 5.18. The molecule has 0 saturated carbocycles. The Morgan fingerprint density at radius 3 is 2.44 bits per heavy atom. The molecule has 5 rings (SSSR count). The molecule has 6 nitrogen and oxygen atoms in total. The maximum atomic E-state index is 13.8. The van der Waals surface area contributed by atoms with Crippen LogP contribution in [-0.4, -0.2) is 27.8 Å². The van der Waals surface area contributed by atoms with E-state index in [2.05, 4.69) is 4.99 Å². The minimum absolute atomic E-state index is 0.0326. The van der Waals surface area contributed by atoms with Gasteiger partial charge in [0.2, 0.25) is 0 Å². The Labute approximate surface area is 198 Å². The molecule has 0 aromatic heterocycles. The molecule has 0 atom stereocenters. The van der Waals surface area contributed by atoms with Gasteiger partial charge in [0.15, 0.2) is 5.17 Å². The predicted molar refractivity (Wildman–Crippen MR) is 130 cm³/mol. The smallest absolute Gasteiger partial charge is 0.346 e. The molecule has 1 amide bonds. The monoisotopic (exact) mass is 469 g/mol. The molecule has 3 aromatic carbocycles. The maximum absolute atomic E-state index is 13.8. The lowest BCUT2D eigenvalue weighted by molar-refractivity contribution is -0.114. The van der Waals surface area contributed by atoms with Gasteiger partial charge in [0, 0.05) is 5.41 Å². The molecule has 166 valence electrons. The van der Waals surface area contributed by atoms with Crippen LogP contribution in [0.3, 0.4) is 0 Å². The van der Waals surface area contributed by atoms with Gasteiger partial charge in [-0.2, -0.15) is 4.99 Å². The molecule has 8 heteroatoms. The number of carbonyl (C=O) groups is 2. The van der Waals surface area contributed by atoms with E-state index >= 15 is 0 Å². The molecule has 0 unspecified atom stereocenters. The topological polar surface area (TPSA) is 82.8 Å². The van der Waals surface area contributed by atoms with E-state index in [-0.39, 0.29) is 22.7 Å². The van der Waals surface area contributed by atoms with E-state index in [1.54, 1.807) is 29.2 Å². The summed E-state index contributed by atoms with van der Waals surface area (Å²) in [6, 6.07) is 21.5. The Bertz CT molecular complexity index is 1410. The third-order valence-corrected chi connectivity index (χ3v) is 6.01. The number of rotatable bonds is 4. The van der Waals surface area contributed by atoms with Crippen molar-refractivity contribution in [3.8, 4) is 5.75 Å². The number of amidine groups is 2. The molecule has 0 aliphatic carbocycles. The van der Waals surface area contributed by atoms with Crippen molar-refractivity contribution in [3.05, 3.63) is 112 Å². The first-order valence-electron chi connectivity index (χ1n) is 10.2. The quantitative estimate of drug-likeness (QED) is 0.316. The van der Waals surface area contributed by atoms with E-state index in [4.69, 9.17) is 10.1 Å². The number of amides is 1. The van der Waals surface area contributed by atoms with Crippen LogP contribution in [0.25, 0.3) is 11.8 Å². The van der Waals surface area contributed by atoms with Crippen molar-refractivity contribution < 1.29 is 18.7 Å². The van der Waals surface area contributed by atoms with Crippen LogP contribution in [0.4, 0.5) is 4.39 Å². The van der Waals surface area contributed by atoms with E-state index < -0.39 is 17.7 Å². The summed E-state index contributed by atoms with van der Waals surface area (Å²) in [5.74, 6) is -1.70. The SMILES string of the molecule is N=C1C(=Cc2ccc(OC(=O)c3ccccc3F)cc2)C(=O)N=C2SC=C(c3ccccc3)N12. The van der Waals surface area contributed by atoms with Crippen molar-refractivity contribution in [1.82, 2.24) is 4.90 Å². The van der Waals surface area contributed by atoms with Crippen molar-refractivity contribution in [1.29, 1.82) is 5.41 Å². The standard InChI is InChI=1S/C26H16FN3O3S/c27-21-9-5-4-8-19(21)25(32)33-18-12-10-16(11-13-18)14-20-23(28)30-22(17-6-2-1-3-7-17)15-34-26(30)29-24(20)31/h1-15,28H. The molecule has 0 radical (unpaired) electrons. The largest absolute Gasteiger partial charge is 0.423 e. The lowest BCUT2D eigenvalue weighted by Crippen LogP contribution is -2.38. The molecule has 3 aromatic rings. The summed E-state index contributed by atoms with van der Waals surface area (Å²) in [6.07, 6.45) is 1.57. The zero-order valence-corrected chi connectivity index (χ0v) is 18.4. The van der Waals surface area contributed by atoms with Gasteiger partial charge in [-0.3, -0.25) is 15.1 Å². The number of hydrogen-bond acceptors (Lipinski definition) is 5. The fourth-order valence-electron chi connectivity index (χ4n) is 3.50. The number of esters is 1. The number of carbonyl (C=O) groups excluding carboxylic acids is 2. The van der Waals surface area contributed by atoms with Gasteiger partial charge in [0.25, 0.3) is 5.91 Å². The highest BCUT2D eigenvalue weighted by Crippen LogP contribution is 2.37. The number of hydrogen-bond donors (Lipinski definition) is 1. The second-order valence-corrected chi connectivity index (χ2v) is 8.20. The lowest BCUT2D eigenvalue weighted by atomic mass is 10.1. The van der Waals surface area contributed by atoms with Crippen LogP contribution in [0.1, 0.15) is 21.5 Å². The average molecular weight is 469 g/mol. The van der Waals surface area contributed by atoms with E-state index in [1.165, 1.54) is 42.1 Å². The van der Waals surface area contributed by atoms with Gasteiger partial charge >= 0.3 is 5.97 Å². The fourth-order valence-corrected chi connectivity index (χ4v) is 4.39. The number of halogens is 1. The molecule has 1 N–H and O–H groups in total. The predicted octanol–water partition coefficient (Wildman–Crippen LogP) is 5.35. The molecule has 34 heavy (non-hydrogen) atoms. The van der Waals surface area contributed by atoms with Gasteiger partial charge in [-0.25, -0.2) is 9.18 Å². The number of ether oxygens (including phenoxy) is 1. The van der Waals surface area contributed by atoms with E-state index in [9.17, 15) is 14.0 Å². The van der Waals surface area contributed by atoms with Crippen molar-refractivity contribution in [2.45, 2.75) is 0 Å². The molecule has 2 aliphatic rings. The summed E-state index contributed by atoms with van der Waals surface area (Å²) in [5, 5.41) is 11.0. The van der Waals surface area contributed by atoms with Crippen LogP contribution in [0.15, 0.2) is 94.8 Å². The highest BCUT2D eigenvalue weighted by Gasteiger charge is 2.36. The van der Waals surface area contributed by atoms with Gasteiger partial charge in [-0.15, -0.1) is 0 Å². The number of fused-ring (bicyclic) bond motifs is 1. The number of aliphatic imine (C=N–C) groups is 1. The molecular weight excluding hydrogens is 453 g/mol. The fraction of sp³-hybridized carbons (Fsp3) is 0. The van der Waals surface area contributed by atoms with E-state index in [1.807, 2.05) is 35.7 Å². The Balaban J connectivity index is 1.37. The van der Waals surface area contributed by atoms with Crippen molar-refractivity contribution in [2.75, 3.05) is 0 Å². The van der Waals surface area contributed by atoms with Crippen LogP contribution in [-0.2, 0) is 4.79 Å². The molecule has 0 fully saturated rings. The minimum atomic E-state index is -0.804. The highest BCUT2D eigenvalue weighted by atomic mass is 32.2. The van der Waals surface area contributed by atoms with E-state index in [0.717, 1.165) is 11.3 Å². The number of thioether (sulfide) groups is 1. The van der Waals surface area contributed by atoms with Crippen LogP contribution < -0.4 is 4.74 Å². The summed E-state index contributed by atoms with van der Waals surface area (Å²) in [4.78, 5) is 30.6. The number of benzene rings is 3. The average Bonchev–Trinajstić information content (AvgIpc) is 3.27.